The average Bonchev–Trinajstić information content (AvgIpc) is 2.20. The summed E-state index contributed by atoms with van der Waals surface area (Å²) in [6.07, 6.45) is 4.19. The van der Waals surface area contributed by atoms with Gasteiger partial charge in [-0.05, 0) is 34.7 Å². The van der Waals surface area contributed by atoms with Gasteiger partial charge in [-0.1, -0.05) is 0 Å². The number of piperazine rings is 1. The second-order valence-corrected chi connectivity index (χ2v) is 4.22. The fraction of sp³-hybridized carbons (Fsp3) is 0.500. The monoisotopic (exact) mass is 292 g/mol. The molecule has 5 heteroatoms. The van der Waals surface area contributed by atoms with Crippen LogP contribution in [-0.4, -0.2) is 31.1 Å². The molecule has 0 unspecified atom stereocenters. The van der Waals surface area contributed by atoms with Gasteiger partial charge in [0.15, 0.2) is 0 Å². The van der Waals surface area contributed by atoms with Gasteiger partial charge in [-0.3, -0.25) is 10.9 Å². The summed E-state index contributed by atoms with van der Waals surface area (Å²) in [5.74, 6) is 1.17. The predicted octanol–water partition coefficient (Wildman–Crippen LogP) is 0.117. The number of hydrogen-bond donors (Lipinski definition) is 3. The van der Waals surface area contributed by atoms with Crippen LogP contribution in [0.25, 0.3) is 0 Å². The van der Waals surface area contributed by atoms with E-state index in [-0.39, 0.29) is 0 Å². The van der Waals surface area contributed by atoms with Crippen molar-refractivity contribution in [3.05, 3.63) is 21.7 Å². The molecular formula is C8H13IN4. The van der Waals surface area contributed by atoms with Crippen molar-refractivity contribution in [2.75, 3.05) is 26.2 Å². The molecular weight excluding hydrogens is 279 g/mol. The number of hydrazine groups is 1. The first-order valence-corrected chi connectivity index (χ1v) is 5.49. The summed E-state index contributed by atoms with van der Waals surface area (Å²) < 4.78 is 1.12. The molecule has 0 aromatic rings. The topological polar surface area (TPSA) is 39.3 Å². The first-order chi connectivity index (χ1) is 6.36. The molecule has 13 heavy (non-hydrogen) atoms. The summed E-state index contributed by atoms with van der Waals surface area (Å²) in [5, 5.41) is 3.33. The number of nitrogens with one attached hydrogen (secondary N) is 3. The van der Waals surface area contributed by atoms with Crippen molar-refractivity contribution < 1.29 is 0 Å². The minimum Gasteiger partial charge on any atom is -0.355 e. The molecule has 3 N–H and O–H groups in total. The van der Waals surface area contributed by atoms with Gasteiger partial charge in [-0.25, -0.2) is 0 Å². The Labute approximate surface area is 91.5 Å². The third kappa shape index (κ3) is 2.28. The van der Waals surface area contributed by atoms with Gasteiger partial charge in [0.05, 0.1) is 3.70 Å². The summed E-state index contributed by atoms with van der Waals surface area (Å²) >= 11 is 2.25. The third-order valence-electron chi connectivity index (χ3n) is 2.16. The van der Waals surface area contributed by atoms with Crippen LogP contribution in [0.3, 0.4) is 0 Å². The molecule has 2 heterocycles. The van der Waals surface area contributed by atoms with Gasteiger partial charge in [0.1, 0.15) is 5.82 Å². The molecule has 1 saturated heterocycles. The SMILES string of the molecule is IC1=CC=C(N2CCNCC2)NN1. The second kappa shape index (κ2) is 4.19. The molecule has 72 valence electrons. The summed E-state index contributed by atoms with van der Waals surface area (Å²) in [7, 11) is 0. The first kappa shape index (κ1) is 9.14. The van der Waals surface area contributed by atoms with E-state index in [9.17, 15) is 0 Å². The van der Waals surface area contributed by atoms with Crippen molar-refractivity contribution >= 4 is 22.6 Å². The average molecular weight is 292 g/mol. The Balaban J connectivity index is 1.99. The Morgan fingerprint density at radius 3 is 2.54 bits per heavy atom. The maximum absolute atomic E-state index is 3.33. The zero-order valence-corrected chi connectivity index (χ0v) is 9.47. The highest BCUT2D eigenvalue weighted by Gasteiger charge is 2.13. The fourth-order valence-electron chi connectivity index (χ4n) is 1.45. The number of rotatable bonds is 1. The fourth-order valence-corrected chi connectivity index (χ4v) is 1.76. The van der Waals surface area contributed by atoms with Crippen LogP contribution in [0, 0.1) is 0 Å². The van der Waals surface area contributed by atoms with Crippen LogP contribution in [0.4, 0.5) is 0 Å². The largest absolute Gasteiger partial charge is 0.355 e. The van der Waals surface area contributed by atoms with E-state index in [1.54, 1.807) is 0 Å². The normalized spacial score (nSPS) is 22.7. The van der Waals surface area contributed by atoms with Gasteiger partial charge < -0.3 is 10.2 Å². The van der Waals surface area contributed by atoms with Crippen molar-refractivity contribution in [3.63, 3.8) is 0 Å². The summed E-state index contributed by atoms with van der Waals surface area (Å²) in [6.45, 7) is 4.29. The molecule has 0 aromatic carbocycles. The van der Waals surface area contributed by atoms with Gasteiger partial charge in [0.2, 0.25) is 0 Å². The van der Waals surface area contributed by atoms with E-state index in [0.29, 0.717) is 0 Å². The second-order valence-electron chi connectivity index (χ2n) is 3.05. The van der Waals surface area contributed by atoms with Gasteiger partial charge in [-0.2, -0.15) is 0 Å². The molecule has 0 aliphatic carbocycles. The maximum Gasteiger partial charge on any atom is 0.120 e. The van der Waals surface area contributed by atoms with Crippen molar-refractivity contribution in [2.24, 2.45) is 0 Å². The minimum absolute atomic E-state index is 1.07. The van der Waals surface area contributed by atoms with Crippen LogP contribution in [0.1, 0.15) is 0 Å². The van der Waals surface area contributed by atoms with Crippen LogP contribution >= 0.6 is 22.6 Å². The van der Waals surface area contributed by atoms with E-state index in [4.69, 9.17) is 0 Å². The van der Waals surface area contributed by atoms with E-state index < -0.39 is 0 Å². The molecule has 0 radical (unpaired) electrons. The minimum atomic E-state index is 1.07. The number of halogens is 1. The lowest BCUT2D eigenvalue weighted by molar-refractivity contribution is 0.274. The molecule has 0 atom stereocenters. The van der Waals surface area contributed by atoms with Crippen molar-refractivity contribution in [1.29, 1.82) is 0 Å². The van der Waals surface area contributed by atoms with Crippen molar-refractivity contribution in [1.82, 2.24) is 21.1 Å². The Morgan fingerprint density at radius 1 is 1.15 bits per heavy atom. The molecule has 2 rings (SSSR count). The lowest BCUT2D eigenvalue weighted by Crippen LogP contribution is -2.48. The van der Waals surface area contributed by atoms with Gasteiger partial charge in [-0.15, -0.1) is 0 Å². The predicted molar refractivity (Wildman–Crippen MR) is 60.9 cm³/mol. The zero-order valence-electron chi connectivity index (χ0n) is 7.31. The molecule has 0 saturated carbocycles. The number of hydrogen-bond acceptors (Lipinski definition) is 4. The highest BCUT2D eigenvalue weighted by molar-refractivity contribution is 14.1. The van der Waals surface area contributed by atoms with Gasteiger partial charge in [0.25, 0.3) is 0 Å². The summed E-state index contributed by atoms with van der Waals surface area (Å²) in [4.78, 5) is 2.34. The number of nitrogens with zero attached hydrogens (tertiary/aromatic N) is 1. The van der Waals surface area contributed by atoms with Gasteiger partial charge in [0, 0.05) is 26.2 Å². The smallest absolute Gasteiger partial charge is 0.120 e. The Hall–Kier alpha value is -0.430. The molecule has 1 fully saturated rings. The Bertz CT molecular complexity index is 243. The van der Waals surface area contributed by atoms with Gasteiger partial charge >= 0.3 is 0 Å². The van der Waals surface area contributed by atoms with Crippen LogP contribution in [0.2, 0.25) is 0 Å². The molecule has 2 aliphatic rings. The van der Waals surface area contributed by atoms with Crippen LogP contribution in [0.5, 0.6) is 0 Å². The maximum atomic E-state index is 3.33. The van der Waals surface area contributed by atoms with E-state index in [2.05, 4.69) is 55.8 Å². The standard InChI is InChI=1S/C8H13IN4/c9-7-1-2-8(12-11-7)13-5-3-10-4-6-13/h1-2,10-12H,3-6H2. The van der Waals surface area contributed by atoms with E-state index in [1.165, 1.54) is 5.82 Å². The zero-order chi connectivity index (χ0) is 9.10. The van der Waals surface area contributed by atoms with Crippen LogP contribution in [-0.2, 0) is 0 Å². The van der Waals surface area contributed by atoms with Crippen molar-refractivity contribution in [3.8, 4) is 0 Å². The first-order valence-electron chi connectivity index (χ1n) is 4.41. The quantitative estimate of drug-likeness (QED) is 0.474. The highest BCUT2D eigenvalue weighted by Crippen LogP contribution is 2.09. The lowest BCUT2D eigenvalue weighted by Gasteiger charge is -2.33. The summed E-state index contributed by atoms with van der Waals surface area (Å²) in [5.41, 5.74) is 6.27. The lowest BCUT2D eigenvalue weighted by atomic mass is 10.3. The van der Waals surface area contributed by atoms with E-state index in [1.807, 2.05) is 0 Å². The van der Waals surface area contributed by atoms with Crippen LogP contribution < -0.4 is 16.2 Å². The van der Waals surface area contributed by atoms with Crippen molar-refractivity contribution in [2.45, 2.75) is 0 Å². The molecule has 2 aliphatic heterocycles. The Morgan fingerprint density at radius 2 is 1.92 bits per heavy atom. The molecule has 4 nitrogen and oxygen atoms in total. The molecule has 0 bridgehead atoms. The third-order valence-corrected chi connectivity index (χ3v) is 2.78. The Kier molecular flexibility index (Phi) is 2.94. The highest BCUT2D eigenvalue weighted by atomic mass is 127. The van der Waals surface area contributed by atoms with E-state index >= 15 is 0 Å². The summed E-state index contributed by atoms with van der Waals surface area (Å²) in [6, 6.07) is 0. The number of allylic oxidation sites excluding steroid dienone is 2. The molecule has 0 amide bonds. The van der Waals surface area contributed by atoms with E-state index in [0.717, 1.165) is 29.9 Å². The molecule has 0 spiro atoms. The molecule has 0 aromatic heterocycles. The van der Waals surface area contributed by atoms with Crippen LogP contribution in [0.15, 0.2) is 21.7 Å².